The molecule has 2 N–H and O–H groups in total. The molecule has 0 saturated heterocycles. The maximum Gasteiger partial charge on any atom is 0.268 e. The molecule has 20 heavy (non-hydrogen) atoms. The van der Waals surface area contributed by atoms with Crippen molar-refractivity contribution < 1.29 is 12.8 Å². The quantitative estimate of drug-likeness (QED) is 0.878. The van der Waals surface area contributed by atoms with Crippen molar-refractivity contribution in [3.8, 4) is 0 Å². The lowest BCUT2D eigenvalue weighted by atomic mass is 10.2. The number of aromatic nitrogens is 1. The van der Waals surface area contributed by atoms with E-state index in [0.29, 0.717) is 0 Å². The molecule has 0 fully saturated rings. The van der Waals surface area contributed by atoms with Crippen molar-refractivity contribution in [1.82, 2.24) is 4.98 Å². The minimum absolute atomic E-state index is 0.179. The fourth-order valence-electron chi connectivity index (χ4n) is 1.76. The summed E-state index contributed by atoms with van der Waals surface area (Å²) in [4.78, 5) is 3.48. The van der Waals surface area contributed by atoms with Gasteiger partial charge in [-0.05, 0) is 36.8 Å². The zero-order chi connectivity index (χ0) is 14.9. The molecular weight excluding hydrogens is 281 g/mol. The zero-order valence-corrected chi connectivity index (χ0v) is 11.9. The van der Waals surface area contributed by atoms with E-state index in [4.69, 9.17) is 5.73 Å². The Morgan fingerprint density at radius 2 is 2.00 bits per heavy atom. The molecule has 0 amide bonds. The summed E-state index contributed by atoms with van der Waals surface area (Å²) in [5.41, 5.74) is 5.97. The molecule has 1 aromatic heterocycles. The molecular formula is C13H14FN3O2S. The second-order valence-electron chi connectivity index (χ2n) is 4.31. The average molecular weight is 295 g/mol. The van der Waals surface area contributed by atoms with Gasteiger partial charge < -0.3 is 5.73 Å². The average Bonchev–Trinajstić information content (AvgIpc) is 2.42. The predicted molar refractivity (Wildman–Crippen MR) is 75.4 cm³/mol. The van der Waals surface area contributed by atoms with E-state index in [1.807, 2.05) is 0 Å². The molecule has 106 valence electrons. The Balaban J connectivity index is 2.57. The number of benzene rings is 1. The first-order chi connectivity index (χ1) is 9.34. The largest absolute Gasteiger partial charge is 0.399 e. The molecule has 2 aromatic rings. The van der Waals surface area contributed by atoms with Crippen LogP contribution in [0, 0.1) is 12.7 Å². The highest BCUT2D eigenvalue weighted by Crippen LogP contribution is 2.26. The van der Waals surface area contributed by atoms with E-state index in [1.54, 1.807) is 12.1 Å². The standard InChI is InChI=1S/C13H14FN3O2S/c1-9-7-10(15)8-11(13(9)14)20(18,19)17(2)12-5-3-4-6-16-12/h3-8H,15H2,1-2H3. The molecule has 7 heteroatoms. The highest BCUT2D eigenvalue weighted by Gasteiger charge is 2.26. The van der Waals surface area contributed by atoms with Gasteiger partial charge in [-0.25, -0.2) is 17.8 Å². The molecule has 5 nitrogen and oxygen atoms in total. The van der Waals surface area contributed by atoms with Crippen molar-refractivity contribution in [2.75, 3.05) is 17.1 Å². The first-order valence-electron chi connectivity index (χ1n) is 5.79. The van der Waals surface area contributed by atoms with Crippen LogP contribution < -0.4 is 10.0 Å². The molecule has 0 radical (unpaired) electrons. The van der Waals surface area contributed by atoms with Crippen molar-refractivity contribution >= 4 is 21.5 Å². The molecule has 0 spiro atoms. The lowest BCUT2D eigenvalue weighted by molar-refractivity contribution is 0.561. The number of nitrogens with zero attached hydrogens (tertiary/aromatic N) is 2. The second-order valence-corrected chi connectivity index (χ2v) is 6.25. The van der Waals surface area contributed by atoms with Gasteiger partial charge in [0.1, 0.15) is 16.5 Å². The molecule has 0 aliphatic heterocycles. The van der Waals surface area contributed by atoms with Gasteiger partial charge in [0, 0.05) is 18.9 Å². The summed E-state index contributed by atoms with van der Waals surface area (Å²) < 4.78 is 39.9. The van der Waals surface area contributed by atoms with Crippen LogP contribution in [0.15, 0.2) is 41.4 Å². The van der Waals surface area contributed by atoms with Crippen molar-refractivity contribution in [2.45, 2.75) is 11.8 Å². The smallest absolute Gasteiger partial charge is 0.268 e. The third-order valence-corrected chi connectivity index (χ3v) is 4.61. The third kappa shape index (κ3) is 2.44. The van der Waals surface area contributed by atoms with E-state index in [9.17, 15) is 12.8 Å². The predicted octanol–water partition coefficient (Wildman–Crippen LogP) is 1.94. The summed E-state index contributed by atoms with van der Waals surface area (Å²) >= 11 is 0. The molecule has 1 aromatic carbocycles. The maximum absolute atomic E-state index is 14.1. The zero-order valence-electron chi connectivity index (χ0n) is 11.0. The van der Waals surface area contributed by atoms with Gasteiger partial charge >= 0.3 is 0 Å². The minimum Gasteiger partial charge on any atom is -0.399 e. The van der Waals surface area contributed by atoms with Crippen molar-refractivity contribution in [2.24, 2.45) is 0 Å². The molecule has 0 aliphatic carbocycles. The lowest BCUT2D eigenvalue weighted by Crippen LogP contribution is -2.28. The van der Waals surface area contributed by atoms with Gasteiger partial charge in [0.15, 0.2) is 0 Å². The summed E-state index contributed by atoms with van der Waals surface area (Å²) in [5.74, 6) is -0.603. The van der Waals surface area contributed by atoms with Crippen LogP contribution in [0.5, 0.6) is 0 Å². The number of pyridine rings is 1. The van der Waals surface area contributed by atoms with E-state index in [2.05, 4.69) is 4.98 Å². The Hall–Kier alpha value is -2.15. The first kappa shape index (κ1) is 14.3. The van der Waals surface area contributed by atoms with E-state index in [0.717, 1.165) is 10.4 Å². The van der Waals surface area contributed by atoms with Crippen LogP contribution in [0.1, 0.15) is 5.56 Å². The normalized spacial score (nSPS) is 11.3. The number of hydrogen-bond donors (Lipinski definition) is 1. The fraction of sp³-hybridized carbons (Fsp3) is 0.154. The minimum atomic E-state index is -4.05. The van der Waals surface area contributed by atoms with Crippen LogP contribution in [0.4, 0.5) is 15.9 Å². The summed E-state index contributed by atoms with van der Waals surface area (Å²) in [6.45, 7) is 1.46. The summed E-state index contributed by atoms with van der Waals surface area (Å²) in [6.07, 6.45) is 1.46. The molecule has 0 bridgehead atoms. The molecule has 0 unspecified atom stereocenters. The van der Waals surface area contributed by atoms with E-state index in [-0.39, 0.29) is 17.1 Å². The fourth-order valence-corrected chi connectivity index (χ4v) is 3.08. The monoisotopic (exact) mass is 295 g/mol. The number of sulfonamides is 1. The maximum atomic E-state index is 14.1. The van der Waals surface area contributed by atoms with E-state index < -0.39 is 20.7 Å². The SMILES string of the molecule is Cc1cc(N)cc(S(=O)(=O)N(C)c2ccccn2)c1F. The van der Waals surface area contributed by atoms with Crippen molar-refractivity contribution in [3.05, 3.63) is 47.9 Å². The Bertz CT molecular complexity index is 733. The summed E-state index contributed by atoms with van der Waals surface area (Å²) in [5, 5.41) is 0. The summed E-state index contributed by atoms with van der Waals surface area (Å²) in [6, 6.07) is 7.32. The van der Waals surface area contributed by atoms with Crippen molar-refractivity contribution in [1.29, 1.82) is 0 Å². The Morgan fingerprint density at radius 3 is 2.60 bits per heavy atom. The van der Waals surface area contributed by atoms with E-state index in [1.165, 1.54) is 32.3 Å². The number of nitrogen functional groups attached to an aromatic ring is 1. The lowest BCUT2D eigenvalue weighted by Gasteiger charge is -2.19. The second kappa shape index (κ2) is 5.09. The van der Waals surface area contributed by atoms with Crippen LogP contribution in [0.2, 0.25) is 0 Å². The topological polar surface area (TPSA) is 76.3 Å². The molecule has 0 atom stereocenters. The molecule has 0 saturated carbocycles. The van der Waals surface area contributed by atoms with Crippen LogP contribution in [0.25, 0.3) is 0 Å². The number of aryl methyl sites for hydroxylation is 1. The van der Waals surface area contributed by atoms with Gasteiger partial charge in [0.25, 0.3) is 10.0 Å². The number of nitrogens with two attached hydrogens (primary N) is 1. The van der Waals surface area contributed by atoms with Gasteiger partial charge in [-0.1, -0.05) is 6.07 Å². The van der Waals surface area contributed by atoms with Gasteiger partial charge in [-0.2, -0.15) is 0 Å². The number of hydrogen-bond acceptors (Lipinski definition) is 4. The van der Waals surface area contributed by atoms with Gasteiger partial charge in [-0.3, -0.25) is 4.31 Å². The Morgan fingerprint density at radius 1 is 1.30 bits per heavy atom. The highest BCUT2D eigenvalue weighted by molar-refractivity contribution is 7.92. The van der Waals surface area contributed by atoms with E-state index >= 15 is 0 Å². The van der Waals surface area contributed by atoms with Gasteiger partial charge in [0.2, 0.25) is 0 Å². The Kier molecular flexibility index (Phi) is 3.63. The van der Waals surface area contributed by atoms with Gasteiger partial charge in [0.05, 0.1) is 0 Å². The Labute approximate surface area is 116 Å². The van der Waals surface area contributed by atoms with Crippen LogP contribution >= 0.6 is 0 Å². The number of anilines is 2. The summed E-state index contributed by atoms with van der Waals surface area (Å²) in [7, 11) is -2.74. The highest BCUT2D eigenvalue weighted by atomic mass is 32.2. The third-order valence-electron chi connectivity index (χ3n) is 2.85. The number of halogens is 1. The van der Waals surface area contributed by atoms with Crippen LogP contribution in [-0.2, 0) is 10.0 Å². The molecule has 1 heterocycles. The molecule has 2 rings (SSSR count). The van der Waals surface area contributed by atoms with Crippen LogP contribution in [-0.4, -0.2) is 20.4 Å². The van der Waals surface area contributed by atoms with Crippen LogP contribution in [0.3, 0.4) is 0 Å². The van der Waals surface area contributed by atoms with Gasteiger partial charge in [-0.15, -0.1) is 0 Å². The van der Waals surface area contributed by atoms with Crippen molar-refractivity contribution in [3.63, 3.8) is 0 Å². The number of rotatable bonds is 3. The first-order valence-corrected chi connectivity index (χ1v) is 7.23. The molecule has 0 aliphatic rings.